The van der Waals surface area contributed by atoms with Gasteiger partial charge in [0.15, 0.2) is 0 Å². The van der Waals surface area contributed by atoms with Crippen LogP contribution in [0.5, 0.6) is 11.6 Å². The number of carbonyl (C=O) groups is 1. The second-order valence-electron chi connectivity index (χ2n) is 11.1. The summed E-state index contributed by atoms with van der Waals surface area (Å²) in [5, 5.41) is 3.35. The number of pyridine rings is 1. The van der Waals surface area contributed by atoms with E-state index in [0.29, 0.717) is 29.7 Å². The lowest BCUT2D eigenvalue weighted by atomic mass is 10.0. The van der Waals surface area contributed by atoms with E-state index in [1.54, 1.807) is 30.3 Å². The summed E-state index contributed by atoms with van der Waals surface area (Å²) in [5.41, 5.74) is 9.37. The zero-order valence-corrected chi connectivity index (χ0v) is 26.1. The highest BCUT2D eigenvalue weighted by molar-refractivity contribution is 7.92. The van der Waals surface area contributed by atoms with Gasteiger partial charge in [-0.3, -0.25) is 14.4 Å². The van der Waals surface area contributed by atoms with Crippen molar-refractivity contribution in [1.82, 2.24) is 9.88 Å². The Balaban J connectivity index is 1.18. The number of nitrogens with one attached hydrogen (secondary N) is 2. The van der Waals surface area contributed by atoms with E-state index in [0.717, 1.165) is 55.7 Å². The third kappa shape index (κ3) is 8.70. The lowest BCUT2D eigenvalue weighted by Crippen LogP contribution is -2.46. The molecule has 1 aromatic heterocycles. The van der Waals surface area contributed by atoms with Crippen LogP contribution < -0.4 is 25.4 Å². The highest BCUT2D eigenvalue weighted by Gasteiger charge is 2.25. The molecule has 0 radical (unpaired) electrons. The van der Waals surface area contributed by atoms with Crippen LogP contribution in [-0.4, -0.2) is 56.3 Å². The zero-order chi connectivity index (χ0) is 32.0. The first-order valence-electron chi connectivity index (χ1n) is 14.6. The number of hydrogen-bond donors (Lipinski definition) is 3. The van der Waals surface area contributed by atoms with Gasteiger partial charge in [-0.05, 0) is 79.9 Å². The van der Waals surface area contributed by atoms with E-state index in [1.807, 2.05) is 37.3 Å². The van der Waals surface area contributed by atoms with Crippen LogP contribution in [0, 0.1) is 12.7 Å². The summed E-state index contributed by atoms with van der Waals surface area (Å²) >= 11 is 0. The van der Waals surface area contributed by atoms with Crippen molar-refractivity contribution in [2.75, 3.05) is 41.0 Å². The molecule has 2 heterocycles. The molecule has 1 amide bonds. The molecule has 0 atom stereocenters. The van der Waals surface area contributed by atoms with Crippen molar-refractivity contribution in [1.29, 1.82) is 0 Å². The number of primary amides is 1. The Morgan fingerprint density at radius 2 is 1.71 bits per heavy atom. The molecule has 0 bridgehead atoms. The van der Waals surface area contributed by atoms with Gasteiger partial charge in [-0.15, -0.1) is 0 Å². The molecule has 10 nitrogen and oxygen atoms in total. The van der Waals surface area contributed by atoms with Gasteiger partial charge in [0.05, 0.1) is 18.5 Å². The fourth-order valence-electron chi connectivity index (χ4n) is 5.40. The number of amides is 1. The van der Waals surface area contributed by atoms with Gasteiger partial charge >= 0.3 is 0 Å². The smallest absolute Gasteiger partial charge is 0.251 e. The van der Waals surface area contributed by atoms with E-state index < -0.39 is 21.7 Å². The summed E-state index contributed by atoms with van der Waals surface area (Å²) in [7, 11) is -3.35. The normalized spacial score (nSPS) is 14.1. The highest BCUT2D eigenvalue weighted by atomic mass is 32.2. The van der Waals surface area contributed by atoms with Crippen LogP contribution in [0.3, 0.4) is 0 Å². The molecule has 1 fully saturated rings. The largest absolute Gasteiger partial charge is 0.439 e. The Labute approximate surface area is 263 Å². The quantitative estimate of drug-likeness (QED) is 0.179. The molecule has 45 heavy (non-hydrogen) atoms. The molecule has 12 heteroatoms. The third-order valence-electron chi connectivity index (χ3n) is 7.71. The molecule has 1 aliphatic heterocycles. The number of sulfonamides is 1. The first-order valence-corrected chi connectivity index (χ1v) is 16.5. The SMILES string of the molecule is Cc1nc(Oc2ccc(NS(C)(=O)=O)cc2)ccc1CN1CCC(N(CNc2ccc(F)c(C(N)=O)c2)c2ccccc2)CC1. The van der Waals surface area contributed by atoms with Gasteiger partial charge in [0, 0.05) is 54.5 Å². The topological polar surface area (TPSA) is 130 Å². The monoisotopic (exact) mass is 632 g/mol. The number of piperidine rings is 1. The fraction of sp³-hybridized carbons (Fsp3) is 0.273. The molecule has 4 aromatic rings. The number of anilines is 3. The van der Waals surface area contributed by atoms with Crippen LogP contribution in [0.4, 0.5) is 21.5 Å². The van der Waals surface area contributed by atoms with E-state index in [4.69, 9.17) is 10.5 Å². The van der Waals surface area contributed by atoms with Crippen molar-refractivity contribution in [3.8, 4) is 11.6 Å². The lowest BCUT2D eigenvalue weighted by Gasteiger charge is -2.40. The van der Waals surface area contributed by atoms with Gasteiger partial charge in [0.25, 0.3) is 5.91 Å². The second-order valence-corrected chi connectivity index (χ2v) is 12.8. The Morgan fingerprint density at radius 3 is 2.36 bits per heavy atom. The lowest BCUT2D eigenvalue weighted by molar-refractivity contribution is 0.0996. The molecule has 1 aliphatic rings. The number of carbonyl (C=O) groups excluding carboxylic acids is 1. The Morgan fingerprint density at radius 1 is 1.02 bits per heavy atom. The van der Waals surface area contributed by atoms with E-state index >= 15 is 0 Å². The Kier molecular flexibility index (Phi) is 9.84. The van der Waals surface area contributed by atoms with Crippen molar-refractivity contribution < 1.29 is 22.3 Å². The minimum Gasteiger partial charge on any atom is -0.439 e. The molecule has 4 N–H and O–H groups in total. The van der Waals surface area contributed by atoms with Crippen molar-refractivity contribution in [2.24, 2.45) is 5.73 Å². The van der Waals surface area contributed by atoms with Gasteiger partial charge in [-0.25, -0.2) is 17.8 Å². The van der Waals surface area contributed by atoms with Crippen LogP contribution >= 0.6 is 0 Å². The molecule has 1 saturated heterocycles. The van der Waals surface area contributed by atoms with Crippen molar-refractivity contribution in [2.45, 2.75) is 32.4 Å². The average Bonchev–Trinajstić information content (AvgIpc) is 3.01. The molecule has 5 rings (SSSR count). The molecule has 3 aromatic carbocycles. The van der Waals surface area contributed by atoms with Crippen LogP contribution in [0.1, 0.15) is 34.5 Å². The maximum atomic E-state index is 14.0. The summed E-state index contributed by atoms with van der Waals surface area (Å²) in [5.74, 6) is -0.411. The van der Waals surface area contributed by atoms with E-state index in [-0.39, 0.29) is 11.6 Å². The number of aromatic nitrogens is 1. The molecular formula is C33H37FN6O4S. The number of benzene rings is 3. The number of likely N-dealkylation sites (tertiary alicyclic amines) is 1. The second kappa shape index (κ2) is 14.0. The maximum absolute atomic E-state index is 14.0. The number of para-hydroxylation sites is 1. The summed E-state index contributed by atoms with van der Waals surface area (Å²) < 4.78 is 45.2. The highest BCUT2D eigenvalue weighted by Crippen LogP contribution is 2.27. The van der Waals surface area contributed by atoms with Gasteiger partial charge in [0.1, 0.15) is 11.6 Å². The van der Waals surface area contributed by atoms with E-state index in [2.05, 4.69) is 37.0 Å². The first-order chi connectivity index (χ1) is 21.5. The minimum atomic E-state index is -3.35. The standard InChI is InChI=1S/C33H37FN6O4S/c1-23-24(8-15-32(37-23)44-29-12-9-25(10-13-29)38-45(2,42)43)21-39-18-16-28(17-19-39)40(27-6-4-3-5-7-27)22-36-26-11-14-31(34)30(20-26)33(35)41/h3-15,20,28,36,38H,16-19,21-22H2,1-2H3,(H2,35,41). The number of rotatable bonds is 12. The van der Waals surface area contributed by atoms with Gasteiger partial charge in [0.2, 0.25) is 15.9 Å². The maximum Gasteiger partial charge on any atom is 0.251 e. The molecule has 0 unspecified atom stereocenters. The van der Waals surface area contributed by atoms with Crippen LogP contribution in [0.2, 0.25) is 0 Å². The van der Waals surface area contributed by atoms with Gasteiger partial charge in [-0.2, -0.15) is 0 Å². The first kappa shape index (κ1) is 31.7. The summed E-state index contributed by atoms with van der Waals surface area (Å²) in [6.07, 6.45) is 3.00. The number of ether oxygens (including phenoxy) is 1. The molecule has 0 spiro atoms. The van der Waals surface area contributed by atoms with Crippen LogP contribution in [-0.2, 0) is 16.6 Å². The van der Waals surface area contributed by atoms with Crippen molar-refractivity contribution in [3.05, 3.63) is 108 Å². The minimum absolute atomic E-state index is 0.137. The Hall–Kier alpha value is -4.68. The summed E-state index contributed by atoms with van der Waals surface area (Å²) in [6, 6.07) is 25.3. The zero-order valence-electron chi connectivity index (χ0n) is 25.2. The van der Waals surface area contributed by atoms with Crippen molar-refractivity contribution >= 4 is 33.0 Å². The number of nitrogens with zero attached hydrogens (tertiary/aromatic N) is 3. The summed E-state index contributed by atoms with van der Waals surface area (Å²) in [6.45, 7) is 5.03. The van der Waals surface area contributed by atoms with Gasteiger partial charge in [-0.1, -0.05) is 24.3 Å². The summed E-state index contributed by atoms with van der Waals surface area (Å²) in [4.78, 5) is 21.0. The molecular weight excluding hydrogens is 595 g/mol. The molecule has 236 valence electrons. The Bertz CT molecular complexity index is 1730. The third-order valence-corrected chi connectivity index (χ3v) is 8.32. The van der Waals surface area contributed by atoms with Gasteiger partial charge < -0.3 is 20.7 Å². The molecule has 0 saturated carbocycles. The molecule has 0 aliphatic carbocycles. The average molecular weight is 633 g/mol. The van der Waals surface area contributed by atoms with E-state index in [9.17, 15) is 17.6 Å². The van der Waals surface area contributed by atoms with Crippen LogP contribution in [0.15, 0.2) is 84.9 Å². The number of halogens is 1. The fourth-order valence-corrected chi connectivity index (χ4v) is 5.96. The van der Waals surface area contributed by atoms with E-state index in [1.165, 1.54) is 12.1 Å². The predicted octanol–water partition coefficient (Wildman–Crippen LogP) is 5.33. The predicted molar refractivity (Wildman–Crippen MR) is 175 cm³/mol. The van der Waals surface area contributed by atoms with Crippen molar-refractivity contribution in [3.63, 3.8) is 0 Å². The number of aryl methyl sites for hydroxylation is 1. The number of nitrogens with two attached hydrogens (primary N) is 1. The number of hydrogen-bond acceptors (Lipinski definition) is 8. The van der Waals surface area contributed by atoms with Crippen LogP contribution in [0.25, 0.3) is 0 Å².